The zero-order valence-electron chi connectivity index (χ0n) is 7.71. The molecule has 0 amide bonds. The van der Waals surface area contributed by atoms with Crippen molar-refractivity contribution in [2.45, 2.75) is 30.2 Å². The molecule has 0 aromatic carbocycles. The van der Waals surface area contributed by atoms with E-state index in [0.29, 0.717) is 10.9 Å². The Labute approximate surface area is 102 Å². The number of hydrogen-bond acceptors (Lipinski definition) is 2. The Hall–Kier alpha value is 0.430. The number of thiophene rings is 1. The summed E-state index contributed by atoms with van der Waals surface area (Å²) in [5.41, 5.74) is 0. The minimum Gasteiger partial charge on any atom is -0.378 e. The maximum Gasteiger partial charge on any atom is 0.0931 e. The molecule has 1 aliphatic rings. The van der Waals surface area contributed by atoms with E-state index in [1.165, 1.54) is 17.7 Å². The average molecular weight is 296 g/mol. The van der Waals surface area contributed by atoms with E-state index in [9.17, 15) is 0 Å². The molecule has 0 saturated carbocycles. The van der Waals surface area contributed by atoms with Gasteiger partial charge in [-0.25, -0.2) is 0 Å². The molecule has 0 radical (unpaired) electrons. The Kier molecular flexibility index (Phi) is 3.88. The summed E-state index contributed by atoms with van der Waals surface area (Å²) in [5.74, 6) is 0. The van der Waals surface area contributed by atoms with E-state index in [2.05, 4.69) is 22.0 Å². The lowest BCUT2D eigenvalue weighted by molar-refractivity contribution is 0.104. The second-order valence-electron chi connectivity index (χ2n) is 3.48. The monoisotopic (exact) mass is 294 g/mol. The van der Waals surface area contributed by atoms with Gasteiger partial charge in [0.2, 0.25) is 0 Å². The Morgan fingerprint density at radius 2 is 2.50 bits per heavy atom. The van der Waals surface area contributed by atoms with Crippen molar-refractivity contribution in [1.82, 2.24) is 0 Å². The highest BCUT2D eigenvalue weighted by molar-refractivity contribution is 9.09. The summed E-state index contributed by atoms with van der Waals surface area (Å²) in [5, 5.41) is 0. The van der Waals surface area contributed by atoms with Crippen LogP contribution in [0.15, 0.2) is 12.1 Å². The average Bonchev–Trinajstić information content (AvgIpc) is 2.75. The van der Waals surface area contributed by atoms with Crippen LogP contribution in [-0.2, 0) is 4.74 Å². The molecule has 2 atom stereocenters. The molecule has 0 spiro atoms. The Morgan fingerprint density at radius 3 is 3.07 bits per heavy atom. The standard InChI is InChI=1S/C10H12BrClOS/c11-8(6-7-2-1-5-13-7)9-3-4-10(12)14-9/h3-4,7-8H,1-2,5-6H2. The van der Waals surface area contributed by atoms with Crippen LogP contribution in [0.4, 0.5) is 0 Å². The molecule has 1 aliphatic heterocycles. The van der Waals surface area contributed by atoms with Crippen LogP contribution in [-0.4, -0.2) is 12.7 Å². The highest BCUT2D eigenvalue weighted by atomic mass is 79.9. The van der Waals surface area contributed by atoms with Crippen LogP contribution < -0.4 is 0 Å². The van der Waals surface area contributed by atoms with Crippen LogP contribution in [0.2, 0.25) is 4.34 Å². The Bertz CT molecular complexity index is 296. The van der Waals surface area contributed by atoms with Crippen molar-refractivity contribution in [2.75, 3.05) is 6.61 Å². The summed E-state index contributed by atoms with van der Waals surface area (Å²) in [7, 11) is 0. The van der Waals surface area contributed by atoms with Gasteiger partial charge in [-0.3, -0.25) is 0 Å². The molecule has 14 heavy (non-hydrogen) atoms. The largest absolute Gasteiger partial charge is 0.378 e. The Balaban J connectivity index is 1.91. The zero-order valence-corrected chi connectivity index (χ0v) is 10.9. The van der Waals surface area contributed by atoms with E-state index in [0.717, 1.165) is 17.4 Å². The first-order valence-electron chi connectivity index (χ1n) is 4.76. The van der Waals surface area contributed by atoms with Crippen molar-refractivity contribution in [1.29, 1.82) is 0 Å². The smallest absolute Gasteiger partial charge is 0.0931 e. The minimum absolute atomic E-state index is 0.392. The van der Waals surface area contributed by atoms with Crippen molar-refractivity contribution >= 4 is 38.9 Å². The maximum absolute atomic E-state index is 5.89. The Morgan fingerprint density at radius 1 is 1.64 bits per heavy atom. The molecule has 0 N–H and O–H groups in total. The summed E-state index contributed by atoms with van der Waals surface area (Å²) < 4.78 is 6.45. The summed E-state index contributed by atoms with van der Waals surface area (Å²) in [6, 6.07) is 4.03. The van der Waals surface area contributed by atoms with E-state index in [-0.39, 0.29) is 0 Å². The molecule has 0 bridgehead atoms. The normalized spacial score (nSPS) is 24.0. The molecule has 1 saturated heterocycles. The van der Waals surface area contributed by atoms with Gasteiger partial charge in [0.25, 0.3) is 0 Å². The number of halogens is 2. The van der Waals surface area contributed by atoms with Gasteiger partial charge in [0, 0.05) is 11.5 Å². The third kappa shape index (κ3) is 2.72. The second kappa shape index (κ2) is 4.97. The molecule has 1 aromatic heterocycles. The van der Waals surface area contributed by atoms with E-state index >= 15 is 0 Å². The van der Waals surface area contributed by atoms with Crippen molar-refractivity contribution in [3.8, 4) is 0 Å². The summed E-state index contributed by atoms with van der Waals surface area (Å²) in [6.45, 7) is 0.926. The fraction of sp³-hybridized carbons (Fsp3) is 0.600. The molecular weight excluding hydrogens is 284 g/mol. The van der Waals surface area contributed by atoms with Crippen LogP contribution in [0.25, 0.3) is 0 Å². The maximum atomic E-state index is 5.89. The van der Waals surface area contributed by atoms with Gasteiger partial charge in [-0.1, -0.05) is 27.5 Å². The fourth-order valence-electron chi connectivity index (χ4n) is 1.67. The van der Waals surface area contributed by atoms with Crippen molar-refractivity contribution in [3.63, 3.8) is 0 Å². The topological polar surface area (TPSA) is 9.23 Å². The quantitative estimate of drug-likeness (QED) is 0.751. The van der Waals surface area contributed by atoms with Gasteiger partial charge in [0.1, 0.15) is 0 Å². The predicted molar refractivity (Wildman–Crippen MR) is 64.6 cm³/mol. The van der Waals surface area contributed by atoms with Gasteiger partial charge in [0.05, 0.1) is 15.3 Å². The van der Waals surface area contributed by atoms with Gasteiger partial charge in [-0.15, -0.1) is 11.3 Å². The highest BCUT2D eigenvalue weighted by Crippen LogP contribution is 2.36. The molecule has 0 aliphatic carbocycles. The predicted octanol–water partition coefficient (Wildman–Crippen LogP) is 4.41. The molecule has 2 unspecified atom stereocenters. The third-order valence-electron chi connectivity index (χ3n) is 2.40. The zero-order chi connectivity index (χ0) is 9.97. The van der Waals surface area contributed by atoms with Gasteiger partial charge >= 0.3 is 0 Å². The van der Waals surface area contributed by atoms with Crippen molar-refractivity contribution in [3.05, 3.63) is 21.3 Å². The molecule has 1 aromatic rings. The second-order valence-corrected chi connectivity index (χ2v) is 6.33. The minimum atomic E-state index is 0.392. The van der Waals surface area contributed by atoms with Crippen LogP contribution in [0.3, 0.4) is 0 Å². The van der Waals surface area contributed by atoms with Crippen molar-refractivity contribution in [2.24, 2.45) is 0 Å². The van der Waals surface area contributed by atoms with Crippen LogP contribution in [0, 0.1) is 0 Å². The van der Waals surface area contributed by atoms with Gasteiger partial charge in [0.15, 0.2) is 0 Å². The molecule has 1 fully saturated rings. The van der Waals surface area contributed by atoms with Gasteiger partial charge in [-0.2, -0.15) is 0 Å². The molecule has 78 valence electrons. The van der Waals surface area contributed by atoms with Gasteiger partial charge in [-0.05, 0) is 31.4 Å². The molecular formula is C10H12BrClOS. The lowest BCUT2D eigenvalue weighted by Gasteiger charge is -2.12. The lowest BCUT2D eigenvalue weighted by atomic mass is 10.1. The van der Waals surface area contributed by atoms with Crippen molar-refractivity contribution < 1.29 is 4.74 Å². The van der Waals surface area contributed by atoms with E-state index < -0.39 is 0 Å². The van der Waals surface area contributed by atoms with Gasteiger partial charge < -0.3 is 4.74 Å². The SMILES string of the molecule is Clc1ccc(C(Br)CC2CCCO2)s1. The first kappa shape index (κ1) is 10.9. The fourth-order valence-corrected chi connectivity index (χ4v) is 3.58. The van der Waals surface area contributed by atoms with E-state index in [1.807, 2.05) is 6.07 Å². The molecule has 2 heterocycles. The lowest BCUT2D eigenvalue weighted by Crippen LogP contribution is -2.07. The molecule has 2 rings (SSSR count). The summed E-state index contributed by atoms with van der Waals surface area (Å²) >= 11 is 11.2. The molecule has 1 nitrogen and oxygen atoms in total. The number of ether oxygens (including phenoxy) is 1. The number of alkyl halides is 1. The van der Waals surface area contributed by atoms with E-state index in [4.69, 9.17) is 16.3 Å². The summed E-state index contributed by atoms with van der Waals surface area (Å²) in [6.07, 6.45) is 3.88. The van der Waals surface area contributed by atoms with Crippen LogP contribution >= 0.6 is 38.9 Å². The molecule has 4 heteroatoms. The first-order valence-corrected chi connectivity index (χ1v) is 6.87. The summed E-state index contributed by atoms with van der Waals surface area (Å²) in [4.78, 5) is 1.69. The third-order valence-corrected chi connectivity index (χ3v) is 4.91. The number of hydrogen-bond donors (Lipinski definition) is 0. The van der Waals surface area contributed by atoms with Crippen LogP contribution in [0.1, 0.15) is 29.0 Å². The highest BCUT2D eigenvalue weighted by Gasteiger charge is 2.20. The first-order chi connectivity index (χ1) is 6.75. The number of rotatable bonds is 3. The van der Waals surface area contributed by atoms with Crippen LogP contribution in [0.5, 0.6) is 0 Å². The van der Waals surface area contributed by atoms with E-state index in [1.54, 1.807) is 11.3 Å².